The summed E-state index contributed by atoms with van der Waals surface area (Å²) in [6, 6.07) is 0. The molecule has 0 unspecified atom stereocenters. The average Bonchev–Trinajstić information content (AvgIpc) is 2.86. The molecular formula is C30H38O5. The molecule has 35 heavy (non-hydrogen) atoms. The number of carbonyl (C=O) groups excluding carboxylic acids is 2. The summed E-state index contributed by atoms with van der Waals surface area (Å²) < 4.78 is 10.1. The molecule has 0 aliphatic carbocycles. The molecule has 0 aromatic carbocycles. The van der Waals surface area contributed by atoms with Crippen molar-refractivity contribution in [2.24, 2.45) is 0 Å². The fourth-order valence-corrected chi connectivity index (χ4v) is 3.02. The highest BCUT2D eigenvalue weighted by Crippen LogP contribution is 2.12. The van der Waals surface area contributed by atoms with Gasteiger partial charge in [0.05, 0.1) is 6.61 Å². The van der Waals surface area contributed by atoms with Crippen LogP contribution in [-0.4, -0.2) is 36.4 Å². The highest BCUT2D eigenvalue weighted by molar-refractivity contribution is 5.89. The molecule has 0 amide bonds. The van der Waals surface area contributed by atoms with E-state index in [4.69, 9.17) is 9.47 Å². The van der Waals surface area contributed by atoms with Gasteiger partial charge >= 0.3 is 11.9 Å². The van der Waals surface area contributed by atoms with Crippen molar-refractivity contribution in [3.63, 3.8) is 0 Å². The highest BCUT2D eigenvalue weighted by Gasteiger charge is 2.15. The molecule has 0 aromatic rings. The van der Waals surface area contributed by atoms with Gasteiger partial charge in [0.2, 0.25) is 0 Å². The van der Waals surface area contributed by atoms with E-state index in [-0.39, 0.29) is 13.0 Å². The summed E-state index contributed by atoms with van der Waals surface area (Å²) in [5.74, 6) is 23.1. The van der Waals surface area contributed by atoms with Crippen molar-refractivity contribution in [3.05, 3.63) is 0 Å². The van der Waals surface area contributed by atoms with E-state index in [9.17, 15) is 14.7 Å². The molecule has 0 aliphatic rings. The predicted octanol–water partition coefficient (Wildman–Crippen LogP) is 4.56. The van der Waals surface area contributed by atoms with Crippen LogP contribution in [-0.2, 0) is 19.1 Å². The maximum absolute atomic E-state index is 11.9. The minimum absolute atomic E-state index is 0.268. The lowest BCUT2D eigenvalue weighted by Gasteiger charge is -2.14. The van der Waals surface area contributed by atoms with Crippen molar-refractivity contribution in [1.29, 1.82) is 0 Å². The third-order valence-electron chi connectivity index (χ3n) is 4.86. The molecule has 0 spiro atoms. The van der Waals surface area contributed by atoms with Crippen LogP contribution in [0.1, 0.15) is 97.3 Å². The van der Waals surface area contributed by atoms with Crippen molar-refractivity contribution in [3.8, 4) is 59.2 Å². The predicted molar refractivity (Wildman–Crippen MR) is 138 cm³/mol. The maximum Gasteiger partial charge on any atom is 0.385 e. The fraction of sp³-hybridized carbons (Fsp3) is 0.600. The third kappa shape index (κ3) is 23.6. The Kier molecular flexibility index (Phi) is 22.9. The van der Waals surface area contributed by atoms with Crippen LogP contribution in [0, 0.1) is 59.2 Å². The molecule has 0 rings (SSSR count). The van der Waals surface area contributed by atoms with Gasteiger partial charge in [-0.15, -0.1) is 0 Å². The van der Waals surface area contributed by atoms with Gasteiger partial charge in [-0.2, -0.15) is 0 Å². The van der Waals surface area contributed by atoms with Gasteiger partial charge in [-0.3, -0.25) is 4.79 Å². The Hall–Kier alpha value is -3.30. The second-order valence-electron chi connectivity index (χ2n) is 7.91. The van der Waals surface area contributed by atoms with Crippen LogP contribution < -0.4 is 0 Å². The van der Waals surface area contributed by atoms with Crippen LogP contribution in [0.2, 0.25) is 0 Å². The zero-order valence-corrected chi connectivity index (χ0v) is 21.3. The van der Waals surface area contributed by atoms with Gasteiger partial charge in [-0.05, 0) is 60.7 Å². The van der Waals surface area contributed by atoms with Gasteiger partial charge in [0, 0.05) is 12.3 Å². The Balaban J connectivity index is 3.91. The zero-order chi connectivity index (χ0) is 25.8. The Morgan fingerprint density at radius 3 is 1.71 bits per heavy atom. The van der Waals surface area contributed by atoms with Crippen LogP contribution in [0.25, 0.3) is 0 Å². The number of carbonyl (C=O) groups is 2. The second kappa shape index (κ2) is 25.3. The van der Waals surface area contributed by atoms with Gasteiger partial charge in [-0.1, -0.05) is 83.5 Å². The molecule has 1 atom stereocenters. The molecule has 0 radical (unpaired) electrons. The standard InChI is InChI=1S/C30H38O5/c1-3-5-7-9-11-13-14-15-17-19-21-23-25-30(33)35-28(26-31)27-34-29(32)24-22-20-18-16-12-10-8-6-4-2/h28,31H,3,5,7,9,11,13-15,17,19,21,23,25-27H2,1-2H3/t28-/m1/s1. The smallest absolute Gasteiger partial charge is 0.385 e. The van der Waals surface area contributed by atoms with Crippen LogP contribution in [0.3, 0.4) is 0 Å². The summed E-state index contributed by atoms with van der Waals surface area (Å²) in [5.41, 5.74) is 0. The molecule has 0 saturated heterocycles. The van der Waals surface area contributed by atoms with E-state index < -0.39 is 24.6 Å². The first kappa shape index (κ1) is 31.7. The van der Waals surface area contributed by atoms with E-state index in [2.05, 4.69) is 66.1 Å². The molecule has 5 heteroatoms. The summed E-state index contributed by atoms with van der Waals surface area (Å²) in [7, 11) is 0. The lowest BCUT2D eigenvalue weighted by atomic mass is 10.0. The lowest BCUT2D eigenvalue weighted by molar-refractivity contribution is -0.159. The summed E-state index contributed by atoms with van der Waals surface area (Å²) in [5, 5.41) is 9.35. The number of aliphatic hydroxyl groups excluding tert-OH is 1. The number of esters is 2. The molecule has 188 valence electrons. The maximum atomic E-state index is 11.9. The molecular weight excluding hydrogens is 440 g/mol. The minimum atomic E-state index is -0.910. The monoisotopic (exact) mass is 478 g/mol. The third-order valence-corrected chi connectivity index (χ3v) is 4.86. The van der Waals surface area contributed by atoms with E-state index in [1.807, 2.05) is 0 Å². The Morgan fingerprint density at radius 2 is 1.20 bits per heavy atom. The number of hydrogen-bond acceptors (Lipinski definition) is 5. The fourth-order valence-electron chi connectivity index (χ4n) is 3.02. The van der Waals surface area contributed by atoms with Gasteiger partial charge in [-0.25, -0.2) is 4.79 Å². The van der Waals surface area contributed by atoms with Crippen LogP contribution in [0.4, 0.5) is 0 Å². The molecule has 0 fully saturated rings. The van der Waals surface area contributed by atoms with Gasteiger partial charge < -0.3 is 14.6 Å². The number of rotatable bonds is 17. The largest absolute Gasteiger partial charge is 0.456 e. The number of ether oxygens (including phenoxy) is 2. The van der Waals surface area contributed by atoms with Crippen molar-refractivity contribution in [2.75, 3.05) is 13.2 Å². The van der Waals surface area contributed by atoms with Crippen LogP contribution >= 0.6 is 0 Å². The lowest BCUT2D eigenvalue weighted by Crippen LogP contribution is -2.28. The number of aliphatic hydroxyl groups is 1. The molecule has 0 saturated carbocycles. The van der Waals surface area contributed by atoms with Gasteiger partial charge in [0.1, 0.15) is 6.61 Å². The Morgan fingerprint density at radius 1 is 0.714 bits per heavy atom. The molecule has 0 aromatic heterocycles. The summed E-state index contributed by atoms with van der Waals surface area (Å²) in [6.07, 6.45) is 14.0. The van der Waals surface area contributed by atoms with E-state index in [1.165, 1.54) is 57.8 Å². The normalized spacial score (nSPS) is 9.69. The van der Waals surface area contributed by atoms with Crippen molar-refractivity contribution < 1.29 is 24.2 Å². The van der Waals surface area contributed by atoms with E-state index in [1.54, 1.807) is 6.92 Å². The first-order valence-electron chi connectivity index (χ1n) is 12.5. The second-order valence-corrected chi connectivity index (χ2v) is 7.91. The quantitative estimate of drug-likeness (QED) is 0.144. The van der Waals surface area contributed by atoms with E-state index in [0.717, 1.165) is 19.3 Å². The first-order chi connectivity index (χ1) is 17.1. The topological polar surface area (TPSA) is 72.8 Å². The molecule has 0 heterocycles. The van der Waals surface area contributed by atoms with Crippen molar-refractivity contribution in [1.82, 2.24) is 0 Å². The van der Waals surface area contributed by atoms with Gasteiger partial charge in [0.15, 0.2) is 6.10 Å². The van der Waals surface area contributed by atoms with Gasteiger partial charge in [0.25, 0.3) is 0 Å². The molecule has 0 aliphatic heterocycles. The molecule has 0 bridgehead atoms. The Labute approximate surface area is 212 Å². The first-order valence-corrected chi connectivity index (χ1v) is 12.5. The van der Waals surface area contributed by atoms with Crippen LogP contribution in [0.15, 0.2) is 0 Å². The minimum Gasteiger partial charge on any atom is -0.456 e. The summed E-state index contributed by atoms with van der Waals surface area (Å²) in [6.45, 7) is 3.20. The number of unbranched alkanes of at least 4 members (excludes halogenated alkanes) is 11. The van der Waals surface area contributed by atoms with Crippen LogP contribution in [0.5, 0.6) is 0 Å². The van der Waals surface area contributed by atoms with E-state index in [0.29, 0.717) is 0 Å². The summed E-state index contributed by atoms with van der Waals surface area (Å²) >= 11 is 0. The number of hydrogen-bond donors (Lipinski definition) is 1. The molecule has 1 N–H and O–H groups in total. The highest BCUT2D eigenvalue weighted by atomic mass is 16.6. The average molecular weight is 479 g/mol. The van der Waals surface area contributed by atoms with Crippen molar-refractivity contribution >= 4 is 11.9 Å². The molecule has 5 nitrogen and oxygen atoms in total. The van der Waals surface area contributed by atoms with Crippen molar-refractivity contribution in [2.45, 2.75) is 103 Å². The Bertz CT molecular complexity index is 906. The summed E-state index contributed by atoms with van der Waals surface area (Å²) in [4.78, 5) is 23.5. The SMILES string of the molecule is CC#CC#CC#CC#CC#CC(=O)OC[C@@H](CO)OC(=O)CCCCCCCCCCCCCC. The van der Waals surface area contributed by atoms with E-state index >= 15 is 0 Å². The zero-order valence-electron chi connectivity index (χ0n) is 21.3.